The predicted molar refractivity (Wildman–Crippen MR) is 56.9 cm³/mol. The fraction of sp³-hybridized carbons (Fsp3) is 0.800. The fourth-order valence-electron chi connectivity index (χ4n) is 0.976. The number of esters is 1. The Kier molecular flexibility index (Phi) is 4.45. The number of aliphatic carboxylic acids is 1. The Morgan fingerprint density at radius 3 is 2.00 bits per heavy atom. The van der Waals surface area contributed by atoms with Crippen molar-refractivity contribution < 1.29 is 24.2 Å². The highest BCUT2D eigenvalue weighted by Gasteiger charge is 2.50. The van der Waals surface area contributed by atoms with E-state index in [4.69, 9.17) is 20.3 Å². The summed E-state index contributed by atoms with van der Waals surface area (Å²) in [5.41, 5.74) is 2.55. The van der Waals surface area contributed by atoms with Gasteiger partial charge in [0.25, 0.3) is 0 Å². The van der Waals surface area contributed by atoms with Crippen molar-refractivity contribution in [3.05, 3.63) is 0 Å². The summed E-state index contributed by atoms with van der Waals surface area (Å²) in [7, 11) is 1.28. The monoisotopic (exact) mass is 233 g/mol. The molecule has 0 rings (SSSR count). The molecule has 16 heavy (non-hydrogen) atoms. The zero-order valence-electron chi connectivity index (χ0n) is 10.2. The van der Waals surface area contributed by atoms with Gasteiger partial charge in [-0.3, -0.25) is 0 Å². The van der Waals surface area contributed by atoms with Crippen molar-refractivity contribution in [3.8, 4) is 0 Å². The Labute approximate surface area is 94.7 Å². The molecule has 0 spiro atoms. The van der Waals surface area contributed by atoms with Gasteiger partial charge in [0.05, 0.1) is 6.10 Å². The lowest BCUT2D eigenvalue weighted by molar-refractivity contribution is -0.175. The van der Waals surface area contributed by atoms with Gasteiger partial charge in [-0.1, -0.05) is 0 Å². The van der Waals surface area contributed by atoms with Crippen molar-refractivity contribution >= 4 is 11.9 Å². The molecule has 0 amide bonds. The molecule has 0 aromatic carbocycles. The molecule has 0 heterocycles. The first-order valence-corrected chi connectivity index (χ1v) is 4.84. The number of carboxylic acids is 1. The molecule has 6 nitrogen and oxygen atoms in total. The molecule has 0 unspecified atom stereocenters. The van der Waals surface area contributed by atoms with Crippen LogP contribution in [0.5, 0.6) is 0 Å². The Hall–Kier alpha value is -1.14. The molecule has 3 N–H and O–H groups in total. The van der Waals surface area contributed by atoms with Gasteiger partial charge in [-0.15, -0.1) is 0 Å². The van der Waals surface area contributed by atoms with Crippen molar-refractivity contribution in [2.45, 2.75) is 44.9 Å². The molecule has 2 atom stereocenters. The van der Waals surface area contributed by atoms with Gasteiger partial charge in [-0.2, -0.15) is 0 Å². The molecule has 0 aliphatic carbocycles. The second kappa shape index (κ2) is 4.80. The molecule has 0 aliphatic heterocycles. The van der Waals surface area contributed by atoms with E-state index in [9.17, 15) is 9.59 Å². The van der Waals surface area contributed by atoms with E-state index in [0.29, 0.717) is 0 Å². The number of hydrogen-bond donors (Lipinski definition) is 2. The van der Waals surface area contributed by atoms with E-state index in [-0.39, 0.29) is 0 Å². The molecule has 0 radical (unpaired) electrons. The van der Waals surface area contributed by atoms with E-state index in [0.717, 1.165) is 0 Å². The van der Waals surface area contributed by atoms with Crippen LogP contribution in [0.25, 0.3) is 0 Å². The molecule has 94 valence electrons. The second-order valence-corrected chi connectivity index (χ2v) is 4.55. The number of carbonyl (C=O) groups is 2. The smallest absolute Gasteiger partial charge is 0.341 e. The minimum Gasteiger partial charge on any atom is -0.479 e. The number of nitrogens with two attached hydrogens (primary N) is 1. The quantitative estimate of drug-likeness (QED) is 0.529. The number of hydrogen-bond acceptors (Lipinski definition) is 5. The number of carboxylic acid groups (broad SMARTS) is 1. The lowest BCUT2D eigenvalue weighted by Crippen LogP contribution is -2.64. The molecule has 0 bridgehead atoms. The van der Waals surface area contributed by atoms with Crippen molar-refractivity contribution in [3.63, 3.8) is 0 Å². The molecule has 0 saturated heterocycles. The standard InChI is InChI=1S/C10H19NO5/c1-6(15-5)10(11,7(12)13)8(14)16-9(2,3)4/h6H,11H2,1-5H3,(H,12,13)/t6-,10-/m0/s1. The molecule has 6 heteroatoms. The van der Waals surface area contributed by atoms with Crippen LogP contribution in [0, 0.1) is 0 Å². The fourth-order valence-corrected chi connectivity index (χ4v) is 0.976. The maximum Gasteiger partial charge on any atom is 0.341 e. The van der Waals surface area contributed by atoms with E-state index < -0.39 is 29.2 Å². The van der Waals surface area contributed by atoms with E-state index >= 15 is 0 Å². The summed E-state index contributed by atoms with van der Waals surface area (Å²) in [4.78, 5) is 22.8. The van der Waals surface area contributed by atoms with Crippen LogP contribution in [0.4, 0.5) is 0 Å². The Morgan fingerprint density at radius 1 is 1.31 bits per heavy atom. The summed E-state index contributed by atoms with van der Waals surface area (Å²) < 4.78 is 9.77. The third kappa shape index (κ3) is 3.18. The summed E-state index contributed by atoms with van der Waals surface area (Å²) in [6.07, 6.45) is -0.986. The molecule has 0 aromatic heterocycles. The van der Waals surface area contributed by atoms with Gasteiger partial charge < -0.3 is 20.3 Å². The summed E-state index contributed by atoms with van der Waals surface area (Å²) in [6, 6.07) is 0. The molecular formula is C10H19NO5. The Balaban J connectivity index is 5.08. The van der Waals surface area contributed by atoms with Crippen LogP contribution in [-0.2, 0) is 19.1 Å². The topological polar surface area (TPSA) is 98.9 Å². The Morgan fingerprint density at radius 2 is 1.75 bits per heavy atom. The van der Waals surface area contributed by atoms with Crippen LogP contribution in [0.3, 0.4) is 0 Å². The van der Waals surface area contributed by atoms with Gasteiger partial charge in [0, 0.05) is 7.11 Å². The van der Waals surface area contributed by atoms with Crippen LogP contribution in [0.2, 0.25) is 0 Å². The van der Waals surface area contributed by atoms with E-state index in [2.05, 4.69) is 0 Å². The SMILES string of the molecule is CO[C@@H](C)[C@](N)(C(=O)O)C(=O)OC(C)(C)C. The van der Waals surface area contributed by atoms with E-state index in [1.807, 2.05) is 0 Å². The molecule has 0 saturated carbocycles. The van der Waals surface area contributed by atoms with Crippen molar-refractivity contribution in [2.24, 2.45) is 5.73 Å². The van der Waals surface area contributed by atoms with E-state index in [1.54, 1.807) is 20.8 Å². The zero-order chi connectivity index (χ0) is 13.1. The minimum atomic E-state index is -2.19. The van der Waals surface area contributed by atoms with Crippen molar-refractivity contribution in [1.29, 1.82) is 0 Å². The average Bonchev–Trinajstić information content (AvgIpc) is 2.11. The summed E-state index contributed by atoms with van der Waals surface area (Å²) in [5.74, 6) is -2.49. The summed E-state index contributed by atoms with van der Waals surface area (Å²) in [6.45, 7) is 6.29. The number of ether oxygens (including phenoxy) is 2. The van der Waals surface area contributed by atoms with Gasteiger partial charge in [0.15, 0.2) is 0 Å². The van der Waals surface area contributed by atoms with E-state index in [1.165, 1.54) is 14.0 Å². The van der Waals surface area contributed by atoms with Crippen LogP contribution in [0.1, 0.15) is 27.7 Å². The third-order valence-corrected chi connectivity index (χ3v) is 2.09. The third-order valence-electron chi connectivity index (χ3n) is 2.09. The van der Waals surface area contributed by atoms with Gasteiger partial charge >= 0.3 is 11.9 Å². The van der Waals surface area contributed by atoms with Gasteiger partial charge in [0.2, 0.25) is 5.54 Å². The van der Waals surface area contributed by atoms with Gasteiger partial charge in [-0.25, -0.2) is 9.59 Å². The second-order valence-electron chi connectivity index (χ2n) is 4.55. The first kappa shape index (κ1) is 14.9. The first-order valence-electron chi connectivity index (χ1n) is 4.84. The number of rotatable bonds is 4. The highest BCUT2D eigenvalue weighted by Crippen LogP contribution is 2.18. The maximum absolute atomic E-state index is 11.7. The van der Waals surface area contributed by atoms with Crippen LogP contribution >= 0.6 is 0 Å². The Bertz CT molecular complexity index is 283. The van der Waals surface area contributed by atoms with Crippen LogP contribution < -0.4 is 5.73 Å². The van der Waals surface area contributed by atoms with Crippen LogP contribution in [-0.4, -0.2) is 41.4 Å². The highest BCUT2D eigenvalue weighted by molar-refractivity contribution is 6.04. The van der Waals surface area contributed by atoms with Gasteiger partial charge in [0.1, 0.15) is 5.60 Å². The number of carbonyl (C=O) groups excluding carboxylic acids is 1. The molecule has 0 fully saturated rings. The average molecular weight is 233 g/mol. The molecule has 0 aromatic rings. The summed E-state index contributed by atoms with van der Waals surface area (Å²) in [5, 5.41) is 9.00. The zero-order valence-corrected chi connectivity index (χ0v) is 10.2. The first-order chi connectivity index (χ1) is 7.05. The largest absolute Gasteiger partial charge is 0.479 e. The minimum absolute atomic E-state index is 0.801. The van der Waals surface area contributed by atoms with Crippen molar-refractivity contribution in [2.75, 3.05) is 7.11 Å². The van der Waals surface area contributed by atoms with Gasteiger partial charge in [-0.05, 0) is 27.7 Å². The lowest BCUT2D eigenvalue weighted by atomic mass is 9.94. The normalized spacial score (nSPS) is 17.4. The van der Waals surface area contributed by atoms with Crippen LogP contribution in [0.15, 0.2) is 0 Å². The summed E-state index contributed by atoms with van der Waals surface area (Å²) >= 11 is 0. The molecule has 0 aliphatic rings. The van der Waals surface area contributed by atoms with Crippen molar-refractivity contribution in [1.82, 2.24) is 0 Å². The lowest BCUT2D eigenvalue weighted by Gasteiger charge is -2.31. The predicted octanol–water partition coefficient (Wildman–Crippen LogP) is 0.145. The molecular weight excluding hydrogens is 214 g/mol. The highest BCUT2D eigenvalue weighted by atomic mass is 16.6. The number of methoxy groups -OCH3 is 1. The maximum atomic E-state index is 11.7.